The smallest absolute Gasteiger partial charge is 0.0408 e. The molecule has 0 radical (unpaired) electrons. The highest BCUT2D eigenvalue weighted by molar-refractivity contribution is 6.30. The lowest BCUT2D eigenvalue weighted by molar-refractivity contribution is 0.363. The lowest BCUT2D eigenvalue weighted by atomic mass is 9.84. The zero-order valence-electron chi connectivity index (χ0n) is 10.9. The Balaban J connectivity index is 2.77. The number of benzene rings is 1. The third-order valence-electron chi connectivity index (χ3n) is 2.67. The molecule has 0 spiro atoms. The molecule has 0 aliphatic heterocycles. The van der Waals surface area contributed by atoms with Gasteiger partial charge in [0, 0.05) is 22.5 Å². The second kappa shape index (κ2) is 4.77. The van der Waals surface area contributed by atoms with E-state index in [0.29, 0.717) is 0 Å². The molecular formula is C14H22ClN. The third-order valence-corrected chi connectivity index (χ3v) is 2.90. The monoisotopic (exact) mass is 239 g/mol. The van der Waals surface area contributed by atoms with Gasteiger partial charge in [0.05, 0.1) is 0 Å². The number of hydrogen-bond donors (Lipinski definition) is 1. The maximum absolute atomic E-state index is 6.02. The van der Waals surface area contributed by atoms with Crippen molar-refractivity contribution in [2.24, 2.45) is 0 Å². The predicted molar refractivity (Wildman–Crippen MR) is 72.2 cm³/mol. The lowest BCUT2D eigenvalue weighted by Crippen LogP contribution is -2.43. The van der Waals surface area contributed by atoms with Crippen LogP contribution in [0.3, 0.4) is 0 Å². The zero-order chi connectivity index (χ0) is 12.4. The van der Waals surface area contributed by atoms with E-state index in [1.165, 1.54) is 5.56 Å². The zero-order valence-corrected chi connectivity index (χ0v) is 11.7. The van der Waals surface area contributed by atoms with E-state index in [1.54, 1.807) is 0 Å². The normalized spacial score (nSPS) is 12.9. The minimum Gasteiger partial charge on any atom is -0.311 e. The summed E-state index contributed by atoms with van der Waals surface area (Å²) >= 11 is 6.02. The topological polar surface area (TPSA) is 12.0 Å². The van der Waals surface area contributed by atoms with Crippen molar-refractivity contribution in [3.8, 4) is 0 Å². The second-order valence-electron chi connectivity index (χ2n) is 6.00. The van der Waals surface area contributed by atoms with Crippen molar-refractivity contribution in [2.75, 3.05) is 6.54 Å². The molecular weight excluding hydrogens is 218 g/mol. The van der Waals surface area contributed by atoms with Crippen LogP contribution in [-0.2, 0) is 5.41 Å². The summed E-state index contributed by atoms with van der Waals surface area (Å²) in [5, 5.41) is 4.34. The highest BCUT2D eigenvalue weighted by atomic mass is 35.5. The van der Waals surface area contributed by atoms with E-state index in [0.717, 1.165) is 11.6 Å². The van der Waals surface area contributed by atoms with Crippen molar-refractivity contribution < 1.29 is 0 Å². The molecule has 0 heterocycles. The van der Waals surface area contributed by atoms with Gasteiger partial charge in [-0.1, -0.05) is 37.6 Å². The van der Waals surface area contributed by atoms with Crippen LogP contribution in [0.4, 0.5) is 0 Å². The molecule has 0 amide bonds. The Morgan fingerprint density at radius 1 is 1.12 bits per heavy atom. The molecule has 0 aliphatic rings. The first-order valence-corrected chi connectivity index (χ1v) is 6.10. The number of hydrogen-bond acceptors (Lipinski definition) is 1. The standard InChI is InChI=1S/C14H22ClN/c1-13(2,3)16-10-14(4,5)11-7-6-8-12(15)9-11/h6-9,16H,10H2,1-5H3. The SMILES string of the molecule is CC(C)(C)NCC(C)(C)c1cccc(Cl)c1. The average molecular weight is 240 g/mol. The van der Waals surface area contributed by atoms with E-state index in [4.69, 9.17) is 11.6 Å². The van der Waals surface area contributed by atoms with Gasteiger partial charge in [-0.2, -0.15) is 0 Å². The van der Waals surface area contributed by atoms with Crippen LogP contribution < -0.4 is 5.32 Å². The summed E-state index contributed by atoms with van der Waals surface area (Å²) in [6.45, 7) is 12.0. The van der Waals surface area contributed by atoms with E-state index in [9.17, 15) is 0 Å². The molecule has 1 N–H and O–H groups in total. The average Bonchev–Trinajstić information content (AvgIpc) is 2.14. The van der Waals surface area contributed by atoms with Gasteiger partial charge in [-0.25, -0.2) is 0 Å². The number of nitrogens with one attached hydrogen (secondary N) is 1. The Kier molecular flexibility index (Phi) is 4.03. The van der Waals surface area contributed by atoms with Crippen molar-refractivity contribution in [1.82, 2.24) is 5.32 Å². The van der Waals surface area contributed by atoms with Crippen LogP contribution in [0.15, 0.2) is 24.3 Å². The Morgan fingerprint density at radius 3 is 2.25 bits per heavy atom. The van der Waals surface area contributed by atoms with Gasteiger partial charge in [0.25, 0.3) is 0 Å². The van der Waals surface area contributed by atoms with Crippen LogP contribution in [0.5, 0.6) is 0 Å². The Hall–Kier alpha value is -0.530. The second-order valence-corrected chi connectivity index (χ2v) is 6.43. The van der Waals surface area contributed by atoms with E-state index in [2.05, 4.69) is 46.0 Å². The molecule has 0 unspecified atom stereocenters. The van der Waals surface area contributed by atoms with Gasteiger partial charge in [0.2, 0.25) is 0 Å². The fourth-order valence-corrected chi connectivity index (χ4v) is 1.69. The summed E-state index contributed by atoms with van der Waals surface area (Å²) in [7, 11) is 0. The molecule has 0 saturated heterocycles. The molecule has 90 valence electrons. The molecule has 0 aliphatic carbocycles. The first kappa shape index (κ1) is 13.5. The maximum atomic E-state index is 6.02. The third kappa shape index (κ3) is 4.15. The molecule has 1 rings (SSSR count). The summed E-state index contributed by atoms with van der Waals surface area (Å²) in [5.74, 6) is 0. The van der Waals surface area contributed by atoms with Crippen LogP contribution in [-0.4, -0.2) is 12.1 Å². The molecule has 1 nitrogen and oxygen atoms in total. The fraction of sp³-hybridized carbons (Fsp3) is 0.571. The van der Waals surface area contributed by atoms with Crippen molar-refractivity contribution in [3.05, 3.63) is 34.9 Å². The molecule has 0 bridgehead atoms. The van der Waals surface area contributed by atoms with Gasteiger partial charge >= 0.3 is 0 Å². The first-order chi connectivity index (χ1) is 7.21. The molecule has 0 atom stereocenters. The van der Waals surface area contributed by atoms with Gasteiger partial charge < -0.3 is 5.32 Å². The fourth-order valence-electron chi connectivity index (χ4n) is 1.50. The summed E-state index contributed by atoms with van der Waals surface area (Å²) in [5.41, 5.74) is 1.52. The molecule has 1 aromatic rings. The van der Waals surface area contributed by atoms with Gasteiger partial charge in [-0.15, -0.1) is 0 Å². The summed E-state index contributed by atoms with van der Waals surface area (Å²) in [6.07, 6.45) is 0. The van der Waals surface area contributed by atoms with E-state index >= 15 is 0 Å². The van der Waals surface area contributed by atoms with Gasteiger partial charge in [0.15, 0.2) is 0 Å². The minimum absolute atomic E-state index is 0.0954. The molecule has 16 heavy (non-hydrogen) atoms. The first-order valence-electron chi connectivity index (χ1n) is 5.72. The maximum Gasteiger partial charge on any atom is 0.0408 e. The van der Waals surface area contributed by atoms with Gasteiger partial charge in [0.1, 0.15) is 0 Å². The van der Waals surface area contributed by atoms with Crippen LogP contribution in [0, 0.1) is 0 Å². The summed E-state index contributed by atoms with van der Waals surface area (Å²) in [4.78, 5) is 0. The molecule has 0 fully saturated rings. The molecule has 2 heteroatoms. The molecule has 0 aromatic heterocycles. The summed E-state index contributed by atoms with van der Waals surface area (Å²) < 4.78 is 0. The predicted octanol–water partition coefficient (Wildman–Crippen LogP) is 4.01. The van der Waals surface area contributed by atoms with Crippen molar-refractivity contribution in [1.29, 1.82) is 0 Å². The molecule has 0 saturated carbocycles. The number of halogens is 1. The van der Waals surface area contributed by atoms with Crippen LogP contribution in [0.25, 0.3) is 0 Å². The van der Waals surface area contributed by atoms with Crippen molar-refractivity contribution >= 4 is 11.6 Å². The van der Waals surface area contributed by atoms with Crippen molar-refractivity contribution in [2.45, 2.75) is 45.6 Å². The van der Waals surface area contributed by atoms with E-state index < -0.39 is 0 Å². The minimum atomic E-state index is 0.0954. The summed E-state index contributed by atoms with van der Waals surface area (Å²) in [6, 6.07) is 8.11. The Labute approximate surface area is 104 Å². The Bertz CT molecular complexity index is 350. The largest absolute Gasteiger partial charge is 0.311 e. The van der Waals surface area contributed by atoms with Gasteiger partial charge in [-0.05, 0) is 38.5 Å². The Morgan fingerprint density at radius 2 is 1.75 bits per heavy atom. The van der Waals surface area contributed by atoms with Crippen LogP contribution in [0.1, 0.15) is 40.2 Å². The van der Waals surface area contributed by atoms with Crippen molar-refractivity contribution in [3.63, 3.8) is 0 Å². The quantitative estimate of drug-likeness (QED) is 0.841. The van der Waals surface area contributed by atoms with Gasteiger partial charge in [-0.3, -0.25) is 0 Å². The lowest BCUT2D eigenvalue weighted by Gasteiger charge is -2.31. The van der Waals surface area contributed by atoms with Crippen LogP contribution in [0.2, 0.25) is 5.02 Å². The van der Waals surface area contributed by atoms with E-state index in [1.807, 2.05) is 18.2 Å². The highest BCUT2D eigenvalue weighted by Crippen LogP contribution is 2.25. The number of rotatable bonds is 3. The highest BCUT2D eigenvalue weighted by Gasteiger charge is 2.22. The molecule has 1 aromatic carbocycles. The van der Waals surface area contributed by atoms with E-state index in [-0.39, 0.29) is 11.0 Å². The van der Waals surface area contributed by atoms with Crippen LogP contribution >= 0.6 is 11.6 Å².